The van der Waals surface area contributed by atoms with E-state index in [1.54, 1.807) is 12.3 Å². The number of allylic oxidation sites excluding steroid dienone is 1. The molecule has 5 N–H and O–H groups in total. The van der Waals surface area contributed by atoms with Gasteiger partial charge in [0.05, 0.1) is 13.2 Å². The van der Waals surface area contributed by atoms with Gasteiger partial charge < -0.3 is 30.2 Å². The van der Waals surface area contributed by atoms with Crippen molar-refractivity contribution in [1.82, 2.24) is 30.1 Å². The smallest absolute Gasteiger partial charge is 0.407 e. The molecule has 0 bridgehead atoms. The molecule has 2 aliphatic carbocycles. The van der Waals surface area contributed by atoms with Crippen LogP contribution in [-0.2, 0) is 38.5 Å². The van der Waals surface area contributed by atoms with Gasteiger partial charge in [0.2, 0.25) is 17.7 Å². The average molecular weight is 738 g/mol. The summed E-state index contributed by atoms with van der Waals surface area (Å²) in [6.45, 7) is 7.15. The van der Waals surface area contributed by atoms with Crippen molar-refractivity contribution in [1.29, 1.82) is 0 Å². The normalized spacial score (nSPS) is 22.5. The number of hydrogen-bond acceptors (Lipinski definition) is 8. The highest BCUT2D eigenvalue weighted by molar-refractivity contribution is 7.97. The summed E-state index contributed by atoms with van der Waals surface area (Å²) in [6.07, 6.45) is 10.0. The van der Waals surface area contributed by atoms with Crippen LogP contribution >= 0.6 is 0 Å². The van der Waals surface area contributed by atoms with Crippen LogP contribution < -0.4 is 20.9 Å². The number of amides is 5. The first-order valence-electron chi connectivity index (χ1n) is 17.2. The SMILES string of the molecule is C=CC(=O)N(C)CC(NC(=O)OCCC/C=C/c1ccc2cc[nH]c(=O)c2c1)C(=O)N1CCC[C@H]1C(=O)N[C@]1(C(=O)N[S+](=O)(O)C2CC2)C[C@H]1C=C. The lowest BCUT2D eigenvalue weighted by Crippen LogP contribution is -2.60. The van der Waals surface area contributed by atoms with Gasteiger partial charge in [0.25, 0.3) is 11.5 Å². The summed E-state index contributed by atoms with van der Waals surface area (Å²) in [7, 11) is -2.18. The molecule has 1 aliphatic heterocycles. The summed E-state index contributed by atoms with van der Waals surface area (Å²) < 4.78 is 30.4. The highest BCUT2D eigenvalue weighted by Gasteiger charge is 2.63. The highest BCUT2D eigenvalue weighted by atomic mass is 32.3. The molecule has 5 atom stereocenters. The third-order valence-electron chi connectivity index (χ3n) is 9.56. The fraction of sp³-hybridized carbons (Fsp3) is 0.444. The van der Waals surface area contributed by atoms with Gasteiger partial charge in [0.15, 0.2) is 5.25 Å². The molecule has 0 radical (unpaired) electrons. The van der Waals surface area contributed by atoms with E-state index >= 15 is 0 Å². The van der Waals surface area contributed by atoms with Gasteiger partial charge in [-0.3, -0.25) is 24.0 Å². The number of aromatic nitrogens is 1. The lowest BCUT2D eigenvalue weighted by molar-refractivity contribution is -0.141. The van der Waals surface area contributed by atoms with E-state index in [1.165, 1.54) is 22.9 Å². The van der Waals surface area contributed by atoms with E-state index in [-0.39, 0.29) is 38.1 Å². The minimum absolute atomic E-state index is 0.0280. The predicted molar refractivity (Wildman–Crippen MR) is 195 cm³/mol. The number of nitrogens with one attached hydrogen (secondary N) is 4. The molecule has 2 saturated carbocycles. The van der Waals surface area contributed by atoms with Crippen LogP contribution in [0.4, 0.5) is 4.79 Å². The number of benzene rings is 1. The number of ether oxygens (including phenoxy) is 1. The molecule has 15 nitrogen and oxygen atoms in total. The van der Waals surface area contributed by atoms with Crippen LogP contribution in [0.1, 0.15) is 50.5 Å². The largest absolute Gasteiger partial charge is 0.450 e. The van der Waals surface area contributed by atoms with E-state index in [2.05, 4.69) is 33.5 Å². The Morgan fingerprint density at radius 1 is 1.19 bits per heavy atom. The quantitative estimate of drug-likeness (QED) is 0.0740. The van der Waals surface area contributed by atoms with Gasteiger partial charge in [0.1, 0.15) is 17.6 Å². The summed E-state index contributed by atoms with van der Waals surface area (Å²) in [5, 5.41) is 6.15. The number of carbonyl (C=O) groups excluding carboxylic acids is 5. The lowest BCUT2D eigenvalue weighted by Gasteiger charge is -2.31. The molecule has 5 rings (SSSR count). The van der Waals surface area contributed by atoms with E-state index in [0.717, 1.165) is 17.0 Å². The molecule has 1 saturated heterocycles. The number of alkyl carbamates (subject to hydrolysis) is 1. The number of pyridine rings is 1. The molecule has 3 aliphatic rings. The van der Waals surface area contributed by atoms with Crippen molar-refractivity contribution in [2.24, 2.45) is 5.92 Å². The summed E-state index contributed by atoms with van der Waals surface area (Å²) in [6, 6.07) is 5.09. The van der Waals surface area contributed by atoms with Crippen LogP contribution in [0, 0.1) is 5.92 Å². The van der Waals surface area contributed by atoms with Gasteiger partial charge >= 0.3 is 16.5 Å². The van der Waals surface area contributed by atoms with Crippen molar-refractivity contribution in [3.8, 4) is 0 Å². The van der Waals surface area contributed by atoms with Gasteiger partial charge in [-0.2, -0.15) is 4.55 Å². The lowest BCUT2D eigenvalue weighted by atomic mass is 10.1. The number of H-pyrrole nitrogens is 1. The van der Waals surface area contributed by atoms with Crippen LogP contribution in [0.3, 0.4) is 0 Å². The van der Waals surface area contributed by atoms with Crippen molar-refractivity contribution < 1.29 is 37.5 Å². The van der Waals surface area contributed by atoms with Crippen LogP contribution in [0.25, 0.3) is 16.8 Å². The maximum Gasteiger partial charge on any atom is 0.407 e. The van der Waals surface area contributed by atoms with Crippen molar-refractivity contribution >= 4 is 57.0 Å². The monoisotopic (exact) mass is 737 g/mol. The predicted octanol–water partition coefficient (Wildman–Crippen LogP) is 2.28. The molecule has 3 fully saturated rings. The first-order chi connectivity index (χ1) is 24.8. The van der Waals surface area contributed by atoms with Gasteiger partial charge in [-0.15, -0.1) is 11.3 Å². The number of unbranched alkanes of at least 4 members (excludes halogenated alkanes) is 1. The van der Waals surface area contributed by atoms with Crippen molar-refractivity contribution in [2.75, 3.05) is 26.7 Å². The Labute approximate surface area is 302 Å². The number of fused-ring (bicyclic) bond motifs is 1. The number of likely N-dealkylation sites (N-methyl/N-ethyl adjacent to an activating group) is 1. The van der Waals surface area contributed by atoms with E-state index in [1.807, 2.05) is 30.4 Å². The Morgan fingerprint density at radius 2 is 1.96 bits per heavy atom. The van der Waals surface area contributed by atoms with E-state index in [4.69, 9.17) is 4.74 Å². The number of rotatable bonds is 16. The van der Waals surface area contributed by atoms with E-state index in [9.17, 15) is 37.5 Å². The summed E-state index contributed by atoms with van der Waals surface area (Å²) in [5.41, 5.74) is -0.805. The maximum absolute atomic E-state index is 13.9. The zero-order chi connectivity index (χ0) is 37.6. The maximum atomic E-state index is 13.9. The molecule has 278 valence electrons. The summed E-state index contributed by atoms with van der Waals surface area (Å²) in [4.78, 5) is 83.2. The van der Waals surface area contributed by atoms with Crippen LogP contribution in [0.2, 0.25) is 0 Å². The molecule has 2 unspecified atom stereocenters. The van der Waals surface area contributed by atoms with Gasteiger partial charge in [-0.05, 0) is 65.5 Å². The first kappa shape index (κ1) is 38.1. The van der Waals surface area contributed by atoms with Gasteiger partial charge in [-0.1, -0.05) is 36.9 Å². The van der Waals surface area contributed by atoms with Crippen molar-refractivity contribution in [3.05, 3.63) is 77.8 Å². The topological polar surface area (TPSA) is 207 Å². The third-order valence-corrected chi connectivity index (χ3v) is 11.4. The molecule has 2 aromatic rings. The Kier molecular flexibility index (Phi) is 11.8. The van der Waals surface area contributed by atoms with Gasteiger partial charge in [-0.25, -0.2) is 4.79 Å². The molecular formula is C36H45N6O9S+. The molecule has 52 heavy (non-hydrogen) atoms. The fourth-order valence-electron chi connectivity index (χ4n) is 6.31. The molecule has 2 heterocycles. The summed E-state index contributed by atoms with van der Waals surface area (Å²) >= 11 is 0. The minimum atomic E-state index is -3.62. The Bertz CT molecular complexity index is 1890. The third kappa shape index (κ3) is 8.85. The summed E-state index contributed by atoms with van der Waals surface area (Å²) in [5.74, 6) is -3.00. The fourth-order valence-corrected chi connectivity index (χ4v) is 7.70. The molecule has 1 aromatic heterocycles. The van der Waals surface area contributed by atoms with Crippen LogP contribution in [0.5, 0.6) is 0 Å². The standard InChI is InChI=1S/C36H44N6O9S/c1-4-25-21-36(25,34(47)40-52(49,50)26-14-15-26)39-32(45)29-11-9-18-42(29)33(46)28(22-41(3)30(43)5-2)38-35(48)51-19-8-6-7-10-23-12-13-24-16-17-37-31(44)27(24)20-23/h4-5,7,10,12-13,16-17,20,25-26,28-29H,1-2,6,8-9,11,14-15,18-19,21-22H2,3H3,(H4-,37,38,39,40,44,45,47,48,49,50)/p+1/b10-7+/t25-,28?,29+,36-/m1/s1. The van der Waals surface area contributed by atoms with Crippen LogP contribution in [-0.4, -0.2) is 98.7 Å². The zero-order valence-corrected chi connectivity index (χ0v) is 29.8. The molecular weight excluding hydrogens is 692 g/mol. The minimum Gasteiger partial charge on any atom is -0.450 e. The number of nitrogens with zero attached hydrogens (tertiary/aromatic N) is 2. The molecule has 16 heteroatoms. The Hall–Kier alpha value is -5.09. The van der Waals surface area contributed by atoms with E-state index < -0.39 is 68.9 Å². The van der Waals surface area contributed by atoms with Crippen LogP contribution in [0.15, 0.2) is 66.6 Å². The highest BCUT2D eigenvalue weighted by Crippen LogP contribution is 2.45. The molecule has 1 aromatic carbocycles. The van der Waals surface area contributed by atoms with E-state index in [0.29, 0.717) is 37.5 Å². The second kappa shape index (κ2) is 16.1. The second-order valence-electron chi connectivity index (χ2n) is 13.3. The van der Waals surface area contributed by atoms with Crippen molar-refractivity contribution in [3.63, 3.8) is 0 Å². The number of likely N-dealkylation sites (tertiary alicyclic amines) is 1. The second-order valence-corrected chi connectivity index (χ2v) is 15.4. The number of carbonyl (C=O) groups is 5. The molecule has 0 spiro atoms. The first-order valence-corrected chi connectivity index (χ1v) is 18.8. The Morgan fingerprint density at radius 3 is 2.65 bits per heavy atom. The number of aromatic amines is 1. The molecule has 5 amide bonds. The van der Waals surface area contributed by atoms with Crippen molar-refractivity contribution in [2.45, 2.75) is 67.8 Å². The Balaban J connectivity index is 1.18. The average Bonchev–Trinajstić information content (AvgIpc) is 4.05. The number of hydrogen-bond donors (Lipinski definition) is 5. The zero-order valence-electron chi connectivity index (χ0n) is 29.0. The van der Waals surface area contributed by atoms with Gasteiger partial charge in [0, 0.05) is 43.9 Å².